The average molecular weight is 821 g/mol. The number of hydrogen-bond acceptors (Lipinski definition) is 5. The van der Waals surface area contributed by atoms with Crippen LogP contribution in [-0.2, 0) is 0 Å². The van der Waals surface area contributed by atoms with Gasteiger partial charge in [0.1, 0.15) is 11.2 Å². The van der Waals surface area contributed by atoms with Gasteiger partial charge in [-0.1, -0.05) is 146 Å². The van der Waals surface area contributed by atoms with Crippen molar-refractivity contribution in [2.24, 2.45) is 0 Å². The van der Waals surface area contributed by atoms with Crippen LogP contribution in [-0.4, -0.2) is 19.5 Å². The summed E-state index contributed by atoms with van der Waals surface area (Å²) < 4.78 is 11.8. The topological polar surface area (TPSA) is 56.7 Å². The summed E-state index contributed by atoms with van der Waals surface area (Å²) in [5.41, 5.74) is 7.89. The smallest absolute Gasteiger partial charge is 0.164 e. The van der Waals surface area contributed by atoms with Gasteiger partial charge in [-0.05, 0) is 64.7 Å². The lowest BCUT2D eigenvalue weighted by Crippen LogP contribution is -2.00. The molecule has 0 fully saturated rings. The van der Waals surface area contributed by atoms with Gasteiger partial charge in [0.2, 0.25) is 0 Å². The van der Waals surface area contributed by atoms with Crippen LogP contribution in [0.4, 0.5) is 0 Å². The first-order valence-corrected chi connectivity index (χ1v) is 22.0. The highest BCUT2D eigenvalue weighted by Crippen LogP contribution is 2.44. The summed E-state index contributed by atoms with van der Waals surface area (Å²) in [6.07, 6.45) is 0. The molecule has 0 aliphatic heterocycles. The second-order valence-corrected chi connectivity index (χ2v) is 17.4. The molecular formula is C57H32N4OS. The zero-order valence-corrected chi connectivity index (χ0v) is 34.4. The van der Waals surface area contributed by atoms with E-state index in [0.717, 1.165) is 60.6 Å². The van der Waals surface area contributed by atoms with Crippen LogP contribution in [0.3, 0.4) is 0 Å². The molecule has 0 saturated carbocycles. The van der Waals surface area contributed by atoms with Crippen LogP contribution in [0.5, 0.6) is 0 Å². The van der Waals surface area contributed by atoms with E-state index in [0.29, 0.717) is 17.5 Å². The third-order valence-corrected chi connectivity index (χ3v) is 13.9. The monoisotopic (exact) mass is 820 g/mol. The quantitative estimate of drug-likeness (QED) is 0.177. The maximum atomic E-state index is 6.82. The van der Waals surface area contributed by atoms with E-state index in [2.05, 4.69) is 180 Å². The number of thiophene rings is 1. The van der Waals surface area contributed by atoms with Gasteiger partial charge in [0.15, 0.2) is 17.5 Å². The molecule has 0 unspecified atom stereocenters. The largest absolute Gasteiger partial charge is 0.455 e. The van der Waals surface area contributed by atoms with Crippen LogP contribution in [0, 0.1) is 0 Å². The van der Waals surface area contributed by atoms with Crippen molar-refractivity contribution in [3.05, 3.63) is 194 Å². The second-order valence-electron chi connectivity index (χ2n) is 16.3. The highest BCUT2D eigenvalue weighted by Gasteiger charge is 2.22. The average Bonchev–Trinajstić information content (AvgIpc) is 4.02. The fourth-order valence-corrected chi connectivity index (χ4v) is 11.0. The Hall–Kier alpha value is -8.19. The number of fused-ring (bicyclic) bond motifs is 14. The van der Waals surface area contributed by atoms with Gasteiger partial charge in [0.05, 0.1) is 16.7 Å². The highest BCUT2D eigenvalue weighted by atomic mass is 32.1. The minimum Gasteiger partial charge on any atom is -0.455 e. The molecule has 0 N–H and O–H groups in total. The van der Waals surface area contributed by atoms with E-state index in [1.807, 2.05) is 18.2 Å². The standard InChI is InChI=1S/C57H32N4OS/c1-2-13-34(14-3-1)55-58-56(60-57(59-55)38-23-25-42-41-19-10-11-21-51(41)63-52(42)31-38)37-24-27-50-46(29-37)47-32-49(40-18-8-9-20-44(40)54(47)62-50)61-48-30-36-16-5-4-15-35(36)28-45(48)43-26-22-33-12-6-7-17-39(33)53(43)61/h1-32H. The van der Waals surface area contributed by atoms with Crippen LogP contribution < -0.4 is 0 Å². The van der Waals surface area contributed by atoms with E-state index in [-0.39, 0.29) is 0 Å². The maximum absolute atomic E-state index is 6.82. The Bertz CT molecular complexity index is 4220. The van der Waals surface area contributed by atoms with Crippen molar-refractivity contribution in [3.8, 4) is 39.9 Å². The second kappa shape index (κ2) is 13.2. The van der Waals surface area contributed by atoms with E-state index >= 15 is 0 Å². The van der Waals surface area contributed by atoms with Crippen LogP contribution >= 0.6 is 11.3 Å². The molecule has 10 aromatic carbocycles. The van der Waals surface area contributed by atoms with E-state index in [1.165, 1.54) is 58.0 Å². The lowest BCUT2D eigenvalue weighted by atomic mass is 10.0. The molecule has 0 atom stereocenters. The fourth-order valence-electron chi connectivity index (χ4n) is 9.83. The molecule has 14 rings (SSSR count). The van der Waals surface area contributed by atoms with Gasteiger partial charge in [-0.25, -0.2) is 15.0 Å². The molecule has 6 heteroatoms. The fraction of sp³-hybridized carbons (Fsp3) is 0. The summed E-state index contributed by atoms with van der Waals surface area (Å²) in [4.78, 5) is 15.4. The Morgan fingerprint density at radius 1 is 0.365 bits per heavy atom. The normalized spacial score (nSPS) is 12.1. The molecule has 0 aliphatic carbocycles. The molecule has 0 amide bonds. The van der Waals surface area contributed by atoms with Crippen molar-refractivity contribution in [1.82, 2.24) is 19.5 Å². The number of hydrogen-bond donors (Lipinski definition) is 0. The third kappa shape index (κ3) is 5.19. The molecular weight excluding hydrogens is 789 g/mol. The molecule has 14 aromatic rings. The van der Waals surface area contributed by atoms with Crippen LogP contribution in [0.1, 0.15) is 0 Å². The van der Waals surface area contributed by atoms with Crippen molar-refractivity contribution in [2.75, 3.05) is 0 Å². The number of nitrogens with zero attached hydrogens (tertiary/aromatic N) is 4. The van der Waals surface area contributed by atoms with Gasteiger partial charge in [-0.15, -0.1) is 11.3 Å². The zero-order chi connectivity index (χ0) is 41.2. The molecule has 0 radical (unpaired) electrons. The van der Waals surface area contributed by atoms with Crippen molar-refractivity contribution in [2.45, 2.75) is 0 Å². The van der Waals surface area contributed by atoms with Gasteiger partial charge in [0, 0.05) is 74.6 Å². The Balaban J connectivity index is 1.02. The predicted octanol–water partition coefficient (Wildman–Crippen LogP) is 15.7. The van der Waals surface area contributed by atoms with Gasteiger partial charge in [-0.2, -0.15) is 0 Å². The Labute approximate surface area is 363 Å². The van der Waals surface area contributed by atoms with Crippen LogP contribution in [0.2, 0.25) is 0 Å². The number of rotatable bonds is 4. The first kappa shape index (κ1) is 34.5. The number of furan rings is 1. The van der Waals surface area contributed by atoms with Gasteiger partial charge in [0.25, 0.3) is 0 Å². The van der Waals surface area contributed by atoms with Gasteiger partial charge < -0.3 is 8.98 Å². The van der Waals surface area contributed by atoms with Crippen molar-refractivity contribution in [1.29, 1.82) is 0 Å². The molecule has 4 heterocycles. The molecule has 0 aliphatic rings. The van der Waals surface area contributed by atoms with E-state index in [4.69, 9.17) is 19.4 Å². The summed E-state index contributed by atoms with van der Waals surface area (Å²) >= 11 is 1.79. The number of aromatic nitrogens is 4. The molecule has 4 aromatic heterocycles. The SMILES string of the molecule is c1ccc(-c2nc(-c3ccc4c(c3)sc3ccccc34)nc(-c3ccc4oc5c6ccccc6c(-n6c7cc8ccccc8cc7c7ccc8ccccc8c76)cc5c4c3)n2)cc1. The molecule has 0 bridgehead atoms. The Morgan fingerprint density at radius 2 is 0.984 bits per heavy atom. The molecule has 0 saturated heterocycles. The minimum atomic E-state index is 0.605. The van der Waals surface area contributed by atoms with Crippen LogP contribution in [0.25, 0.3) is 136 Å². The summed E-state index contributed by atoms with van der Waals surface area (Å²) in [7, 11) is 0. The lowest BCUT2D eigenvalue weighted by molar-refractivity contribution is 0.672. The molecule has 292 valence electrons. The Kier molecular flexibility index (Phi) is 7.21. The molecule has 5 nitrogen and oxygen atoms in total. The van der Waals surface area contributed by atoms with Gasteiger partial charge in [-0.3, -0.25) is 0 Å². The minimum absolute atomic E-state index is 0.605. The summed E-state index contributed by atoms with van der Waals surface area (Å²) in [6.45, 7) is 0. The Morgan fingerprint density at radius 3 is 1.81 bits per heavy atom. The molecule has 63 heavy (non-hydrogen) atoms. The van der Waals surface area contributed by atoms with Crippen LogP contribution in [0.15, 0.2) is 199 Å². The van der Waals surface area contributed by atoms with Crippen molar-refractivity contribution >= 4 is 108 Å². The first-order chi connectivity index (χ1) is 31.2. The van der Waals surface area contributed by atoms with E-state index in [9.17, 15) is 0 Å². The third-order valence-electron chi connectivity index (χ3n) is 12.8. The van der Waals surface area contributed by atoms with E-state index < -0.39 is 0 Å². The summed E-state index contributed by atoms with van der Waals surface area (Å²) in [5, 5.41) is 14.0. The maximum Gasteiger partial charge on any atom is 0.164 e. The summed E-state index contributed by atoms with van der Waals surface area (Å²) in [6, 6.07) is 69.2. The molecule has 0 spiro atoms. The number of benzene rings is 10. The lowest BCUT2D eigenvalue weighted by Gasteiger charge is -2.14. The van der Waals surface area contributed by atoms with Crippen molar-refractivity contribution in [3.63, 3.8) is 0 Å². The first-order valence-electron chi connectivity index (χ1n) is 21.2. The zero-order valence-electron chi connectivity index (χ0n) is 33.6. The summed E-state index contributed by atoms with van der Waals surface area (Å²) in [5.74, 6) is 1.87. The van der Waals surface area contributed by atoms with Crippen molar-refractivity contribution < 1.29 is 4.42 Å². The van der Waals surface area contributed by atoms with E-state index in [1.54, 1.807) is 11.3 Å². The van der Waals surface area contributed by atoms with Gasteiger partial charge >= 0.3 is 0 Å². The predicted molar refractivity (Wildman–Crippen MR) is 263 cm³/mol. The highest BCUT2D eigenvalue weighted by molar-refractivity contribution is 7.25.